The highest BCUT2D eigenvalue weighted by molar-refractivity contribution is 5.44. The second-order valence-corrected chi connectivity index (χ2v) is 5.08. The molecule has 0 saturated heterocycles. The molecule has 1 atom stereocenters. The molecule has 1 heterocycles. The fraction of sp³-hybridized carbons (Fsp3) is 0.636. The zero-order chi connectivity index (χ0) is 10.9. The van der Waals surface area contributed by atoms with Crippen molar-refractivity contribution in [3.8, 4) is 0 Å². The summed E-state index contributed by atoms with van der Waals surface area (Å²) in [6.45, 7) is 4.62. The minimum absolute atomic E-state index is 0.455. The second-order valence-electron chi connectivity index (χ2n) is 5.08. The van der Waals surface area contributed by atoms with Gasteiger partial charge in [-0.1, -0.05) is 13.8 Å². The van der Waals surface area contributed by atoms with Crippen molar-refractivity contribution in [2.24, 2.45) is 5.41 Å². The molecule has 15 heavy (non-hydrogen) atoms. The molecule has 1 aliphatic rings. The maximum Gasteiger partial charge on any atom is 0.131 e. The molecule has 0 bridgehead atoms. The van der Waals surface area contributed by atoms with Gasteiger partial charge in [0.1, 0.15) is 18.0 Å². The lowest BCUT2D eigenvalue weighted by Crippen LogP contribution is -2.18. The van der Waals surface area contributed by atoms with Gasteiger partial charge in [-0.05, 0) is 24.7 Å². The molecule has 1 aliphatic carbocycles. The summed E-state index contributed by atoms with van der Waals surface area (Å²) in [6.07, 6.45) is 5.16. The lowest BCUT2D eigenvalue weighted by atomic mass is 9.92. The number of nitrogens with zero attached hydrogens (tertiary/aromatic N) is 2. The predicted molar refractivity (Wildman–Crippen MR) is 61.5 cm³/mol. The number of nitrogens with one attached hydrogen (secondary N) is 1. The van der Waals surface area contributed by atoms with E-state index < -0.39 is 0 Å². The third-order valence-electron chi connectivity index (χ3n) is 3.01. The highest BCUT2D eigenvalue weighted by Crippen LogP contribution is 2.38. The lowest BCUT2D eigenvalue weighted by molar-refractivity contribution is 0.378. The summed E-state index contributed by atoms with van der Waals surface area (Å²) in [5.41, 5.74) is 6.05. The number of anilines is 2. The lowest BCUT2D eigenvalue weighted by Gasteiger charge is -2.18. The first-order valence-electron chi connectivity index (χ1n) is 5.39. The van der Waals surface area contributed by atoms with Crippen LogP contribution in [-0.4, -0.2) is 16.0 Å². The molecule has 0 spiro atoms. The molecule has 3 N–H and O–H groups in total. The van der Waals surface area contributed by atoms with Crippen molar-refractivity contribution in [1.29, 1.82) is 0 Å². The quantitative estimate of drug-likeness (QED) is 0.777. The van der Waals surface area contributed by atoms with Gasteiger partial charge >= 0.3 is 0 Å². The van der Waals surface area contributed by atoms with Crippen LogP contribution in [0.5, 0.6) is 0 Å². The Morgan fingerprint density at radius 3 is 2.87 bits per heavy atom. The summed E-state index contributed by atoms with van der Waals surface area (Å²) in [4.78, 5) is 8.02. The molecule has 0 radical (unpaired) electrons. The smallest absolute Gasteiger partial charge is 0.131 e. The van der Waals surface area contributed by atoms with E-state index in [0.717, 1.165) is 5.82 Å². The maximum atomic E-state index is 5.60. The Morgan fingerprint density at radius 2 is 2.27 bits per heavy atom. The molecule has 1 fully saturated rings. The summed E-state index contributed by atoms with van der Waals surface area (Å²) in [6, 6.07) is 2.31. The summed E-state index contributed by atoms with van der Waals surface area (Å²) in [5.74, 6) is 1.36. The molecule has 0 amide bonds. The number of nitrogen functional groups attached to an aromatic ring is 1. The van der Waals surface area contributed by atoms with E-state index in [9.17, 15) is 0 Å². The average Bonchev–Trinajstić information content (AvgIpc) is 2.45. The van der Waals surface area contributed by atoms with Gasteiger partial charge in [0.2, 0.25) is 0 Å². The Morgan fingerprint density at radius 1 is 1.47 bits per heavy atom. The number of aromatic nitrogens is 2. The van der Waals surface area contributed by atoms with Crippen molar-refractivity contribution in [2.45, 2.75) is 39.2 Å². The Labute approximate surface area is 90.3 Å². The van der Waals surface area contributed by atoms with Crippen LogP contribution in [0.2, 0.25) is 0 Å². The predicted octanol–water partition coefficient (Wildman–Crippen LogP) is 2.05. The number of nitrogens with two attached hydrogens (primary N) is 1. The summed E-state index contributed by atoms with van der Waals surface area (Å²) >= 11 is 0. The van der Waals surface area contributed by atoms with Crippen molar-refractivity contribution in [1.82, 2.24) is 9.97 Å². The third-order valence-corrected chi connectivity index (χ3v) is 3.01. The van der Waals surface area contributed by atoms with Gasteiger partial charge in [0.15, 0.2) is 0 Å². The molecule has 0 aliphatic heterocycles. The first kappa shape index (κ1) is 10.2. The van der Waals surface area contributed by atoms with E-state index in [-0.39, 0.29) is 0 Å². The average molecular weight is 206 g/mol. The van der Waals surface area contributed by atoms with Gasteiger partial charge in [0, 0.05) is 12.1 Å². The van der Waals surface area contributed by atoms with Gasteiger partial charge in [0.05, 0.1) is 0 Å². The largest absolute Gasteiger partial charge is 0.384 e. The van der Waals surface area contributed by atoms with Crippen molar-refractivity contribution >= 4 is 11.6 Å². The van der Waals surface area contributed by atoms with Crippen LogP contribution in [0.15, 0.2) is 12.4 Å². The van der Waals surface area contributed by atoms with Crippen molar-refractivity contribution < 1.29 is 0 Å². The molecule has 4 heteroatoms. The number of hydrogen-bond acceptors (Lipinski definition) is 4. The van der Waals surface area contributed by atoms with Crippen LogP contribution >= 0.6 is 0 Å². The first-order valence-corrected chi connectivity index (χ1v) is 5.39. The molecule has 4 nitrogen and oxygen atoms in total. The Balaban J connectivity index is 1.99. The van der Waals surface area contributed by atoms with Crippen LogP contribution in [0.4, 0.5) is 11.6 Å². The zero-order valence-electron chi connectivity index (χ0n) is 9.33. The first-order chi connectivity index (χ1) is 7.05. The molecular weight excluding hydrogens is 188 g/mol. The molecule has 1 unspecified atom stereocenters. The van der Waals surface area contributed by atoms with Crippen molar-refractivity contribution in [3.63, 3.8) is 0 Å². The van der Waals surface area contributed by atoms with Crippen LogP contribution in [0.3, 0.4) is 0 Å². The second kappa shape index (κ2) is 3.68. The van der Waals surface area contributed by atoms with E-state index in [1.807, 2.05) is 0 Å². The highest BCUT2D eigenvalue weighted by Gasteiger charge is 2.30. The highest BCUT2D eigenvalue weighted by atomic mass is 15.0. The summed E-state index contributed by atoms with van der Waals surface area (Å²) in [7, 11) is 0. The van der Waals surface area contributed by atoms with Crippen molar-refractivity contribution in [3.05, 3.63) is 12.4 Å². The van der Waals surface area contributed by atoms with Crippen LogP contribution in [0, 0.1) is 5.41 Å². The Kier molecular flexibility index (Phi) is 2.50. The van der Waals surface area contributed by atoms with Gasteiger partial charge in [-0.3, -0.25) is 0 Å². The standard InChI is InChI=1S/C11H18N4/c1-11(2)4-3-8(6-11)15-10-5-9(12)13-7-14-10/h5,7-8H,3-4,6H2,1-2H3,(H3,12,13,14,15). The normalized spacial score (nSPS) is 24.0. The van der Waals surface area contributed by atoms with Crippen molar-refractivity contribution in [2.75, 3.05) is 11.1 Å². The number of rotatable bonds is 2. The minimum atomic E-state index is 0.455. The Bertz CT molecular complexity index is 348. The van der Waals surface area contributed by atoms with Gasteiger partial charge in [0.25, 0.3) is 0 Å². The summed E-state index contributed by atoms with van der Waals surface area (Å²) < 4.78 is 0. The Hall–Kier alpha value is -1.32. The van der Waals surface area contributed by atoms with Crippen LogP contribution < -0.4 is 11.1 Å². The van der Waals surface area contributed by atoms with Gasteiger partial charge in [-0.15, -0.1) is 0 Å². The molecule has 82 valence electrons. The van der Waals surface area contributed by atoms with E-state index >= 15 is 0 Å². The van der Waals surface area contributed by atoms with Gasteiger partial charge in [-0.25, -0.2) is 9.97 Å². The molecule has 1 aromatic heterocycles. The van der Waals surface area contributed by atoms with E-state index in [2.05, 4.69) is 29.1 Å². The van der Waals surface area contributed by atoms with E-state index in [1.54, 1.807) is 6.07 Å². The molecule has 1 saturated carbocycles. The maximum absolute atomic E-state index is 5.60. The van der Waals surface area contributed by atoms with E-state index in [0.29, 0.717) is 17.3 Å². The van der Waals surface area contributed by atoms with E-state index in [1.165, 1.54) is 25.6 Å². The minimum Gasteiger partial charge on any atom is -0.384 e. The molecule has 0 aromatic carbocycles. The van der Waals surface area contributed by atoms with Gasteiger partial charge < -0.3 is 11.1 Å². The molecule has 1 aromatic rings. The van der Waals surface area contributed by atoms with E-state index in [4.69, 9.17) is 5.73 Å². The molecule has 2 rings (SSSR count). The van der Waals surface area contributed by atoms with Crippen LogP contribution in [0.1, 0.15) is 33.1 Å². The SMILES string of the molecule is CC1(C)CCC(Nc2cc(N)ncn2)C1. The van der Waals surface area contributed by atoms with Gasteiger partial charge in [-0.2, -0.15) is 0 Å². The van der Waals surface area contributed by atoms with Crippen LogP contribution in [-0.2, 0) is 0 Å². The summed E-state index contributed by atoms with van der Waals surface area (Å²) in [5, 5.41) is 3.41. The van der Waals surface area contributed by atoms with Crippen LogP contribution in [0.25, 0.3) is 0 Å². The fourth-order valence-electron chi connectivity index (χ4n) is 2.22. The fourth-order valence-corrected chi connectivity index (χ4v) is 2.22. The zero-order valence-corrected chi connectivity index (χ0v) is 9.33. The number of hydrogen-bond donors (Lipinski definition) is 2. The third kappa shape index (κ3) is 2.58. The topological polar surface area (TPSA) is 63.8 Å². The molecular formula is C11H18N4. The monoisotopic (exact) mass is 206 g/mol.